The molecule has 420 valence electrons. The predicted octanol–water partition coefficient (Wildman–Crippen LogP) is 17.9. The summed E-state index contributed by atoms with van der Waals surface area (Å²) in [6.45, 7) is 4.80. The summed E-state index contributed by atoms with van der Waals surface area (Å²) in [6.07, 6.45) is 64.8. The van der Waals surface area contributed by atoms with Gasteiger partial charge in [-0.1, -0.05) is 262 Å². The van der Waals surface area contributed by atoms with Crippen LogP contribution in [0.5, 0.6) is 0 Å². The lowest BCUT2D eigenvalue weighted by molar-refractivity contribution is -0.870. The predicted molar refractivity (Wildman–Crippen MR) is 304 cm³/mol. The number of aliphatic carboxylic acids is 1. The monoisotopic (exact) mass is 1010 g/mol. The molecule has 0 bridgehead atoms. The van der Waals surface area contributed by atoms with Crippen LogP contribution in [0.15, 0.2) is 48.6 Å². The highest BCUT2D eigenvalue weighted by Crippen LogP contribution is 2.17. The van der Waals surface area contributed by atoms with E-state index in [9.17, 15) is 19.5 Å². The van der Waals surface area contributed by atoms with Crippen LogP contribution in [0.2, 0.25) is 0 Å². The average Bonchev–Trinajstić information content (AvgIpc) is 3.35. The molecule has 0 aliphatic rings. The highest BCUT2D eigenvalue weighted by molar-refractivity contribution is 5.71. The van der Waals surface area contributed by atoms with Crippen molar-refractivity contribution in [3.05, 3.63) is 48.6 Å². The number of carbonyl (C=O) groups excluding carboxylic acids is 2. The molecule has 0 spiro atoms. The van der Waals surface area contributed by atoms with Crippen LogP contribution in [-0.2, 0) is 33.3 Å². The maximum Gasteiger partial charge on any atom is 0.361 e. The van der Waals surface area contributed by atoms with Crippen LogP contribution in [0, 0.1) is 0 Å². The van der Waals surface area contributed by atoms with Crippen molar-refractivity contribution < 1.29 is 42.9 Å². The molecule has 0 aliphatic heterocycles. The summed E-state index contributed by atoms with van der Waals surface area (Å²) < 4.78 is 22.9. The van der Waals surface area contributed by atoms with Crippen LogP contribution in [0.25, 0.3) is 0 Å². The fourth-order valence-corrected chi connectivity index (χ4v) is 8.71. The van der Waals surface area contributed by atoms with E-state index in [0.29, 0.717) is 23.9 Å². The summed E-state index contributed by atoms with van der Waals surface area (Å²) >= 11 is 0. The standard InChI is InChI=1S/C63H115NO8/c1-6-8-10-12-14-16-18-20-22-24-26-28-29-30-31-32-34-35-37-39-41-43-45-47-49-51-53-60(65)70-57-59(58-71-63(62(67)68)69-56-55-64(3,4)5)72-61(66)54-52-50-48-46-44-42-40-38-36-33-27-25-23-21-19-17-15-13-11-9-7-2/h9,11,15,17,21,23,27,33,59,63H,6-8,10,12-14,16,18-20,22,24-26,28-32,34-58H2,1-5H3/p+1/b11-9-,17-15-,23-21-,33-27-. The first kappa shape index (κ1) is 69.2. The van der Waals surface area contributed by atoms with Crippen molar-refractivity contribution in [3.8, 4) is 0 Å². The molecule has 0 aliphatic carbocycles. The van der Waals surface area contributed by atoms with Gasteiger partial charge in [0.05, 0.1) is 34.4 Å². The Hall–Kier alpha value is -2.75. The number of rotatable bonds is 56. The van der Waals surface area contributed by atoms with Gasteiger partial charge in [-0.3, -0.25) is 9.59 Å². The van der Waals surface area contributed by atoms with Crippen LogP contribution in [0.3, 0.4) is 0 Å². The minimum Gasteiger partial charge on any atom is -0.477 e. The van der Waals surface area contributed by atoms with Crippen LogP contribution in [-0.4, -0.2) is 87.4 Å². The molecular weight excluding hydrogens is 899 g/mol. The number of quaternary nitrogens is 1. The highest BCUT2D eigenvalue weighted by Gasteiger charge is 2.25. The summed E-state index contributed by atoms with van der Waals surface area (Å²) in [7, 11) is 5.97. The Morgan fingerprint density at radius 1 is 0.431 bits per heavy atom. The van der Waals surface area contributed by atoms with Crippen LogP contribution in [0.1, 0.15) is 277 Å². The van der Waals surface area contributed by atoms with Crippen LogP contribution in [0.4, 0.5) is 0 Å². The summed E-state index contributed by atoms with van der Waals surface area (Å²) in [4.78, 5) is 37.5. The molecule has 0 heterocycles. The van der Waals surface area contributed by atoms with E-state index < -0.39 is 24.3 Å². The number of nitrogens with zero attached hydrogens (tertiary/aromatic N) is 1. The number of ether oxygens (including phenoxy) is 4. The maximum atomic E-state index is 12.9. The minimum absolute atomic E-state index is 0.183. The minimum atomic E-state index is -1.51. The third-order valence-electron chi connectivity index (χ3n) is 13.3. The Morgan fingerprint density at radius 3 is 1.18 bits per heavy atom. The van der Waals surface area contributed by atoms with E-state index in [1.54, 1.807) is 0 Å². The molecule has 9 nitrogen and oxygen atoms in total. The van der Waals surface area contributed by atoms with Gasteiger partial charge in [0.25, 0.3) is 6.29 Å². The lowest BCUT2D eigenvalue weighted by Gasteiger charge is -2.25. The van der Waals surface area contributed by atoms with Gasteiger partial charge in [-0.2, -0.15) is 0 Å². The summed E-state index contributed by atoms with van der Waals surface area (Å²) in [5.41, 5.74) is 0. The van der Waals surface area contributed by atoms with E-state index in [4.69, 9.17) is 18.9 Å². The Labute approximate surface area is 444 Å². The van der Waals surface area contributed by atoms with Crippen molar-refractivity contribution in [1.82, 2.24) is 0 Å². The Morgan fingerprint density at radius 2 is 0.792 bits per heavy atom. The first-order valence-corrected chi connectivity index (χ1v) is 30.3. The lowest BCUT2D eigenvalue weighted by atomic mass is 10.0. The smallest absolute Gasteiger partial charge is 0.361 e. The summed E-state index contributed by atoms with van der Waals surface area (Å²) in [5, 5.41) is 9.71. The van der Waals surface area contributed by atoms with Gasteiger partial charge >= 0.3 is 17.9 Å². The summed E-state index contributed by atoms with van der Waals surface area (Å²) in [5.74, 6) is -2.00. The van der Waals surface area contributed by atoms with Crippen molar-refractivity contribution in [2.24, 2.45) is 0 Å². The fraction of sp³-hybridized carbons (Fsp3) is 0.825. The topological polar surface area (TPSA) is 108 Å². The molecule has 0 radical (unpaired) electrons. The molecule has 0 aromatic carbocycles. The number of likely N-dealkylation sites (N-methyl/N-ethyl adjacent to an activating group) is 1. The van der Waals surface area contributed by atoms with Gasteiger partial charge in [-0.25, -0.2) is 4.79 Å². The Kier molecular flexibility index (Phi) is 52.4. The summed E-state index contributed by atoms with van der Waals surface area (Å²) in [6, 6.07) is 0. The molecule has 0 rings (SSSR count). The normalized spacial score (nSPS) is 13.1. The molecule has 2 atom stereocenters. The number of hydrogen-bond acceptors (Lipinski definition) is 7. The van der Waals surface area contributed by atoms with Crippen LogP contribution >= 0.6 is 0 Å². The second-order valence-electron chi connectivity index (χ2n) is 21.6. The van der Waals surface area contributed by atoms with Crippen molar-refractivity contribution in [3.63, 3.8) is 0 Å². The van der Waals surface area contributed by atoms with Gasteiger partial charge in [-0.15, -0.1) is 0 Å². The first-order valence-electron chi connectivity index (χ1n) is 30.3. The van der Waals surface area contributed by atoms with Crippen molar-refractivity contribution >= 4 is 17.9 Å². The number of carboxylic acids is 1. The molecular formula is C63H116NO8+. The van der Waals surface area contributed by atoms with E-state index >= 15 is 0 Å². The van der Waals surface area contributed by atoms with Crippen molar-refractivity contribution in [1.29, 1.82) is 0 Å². The number of hydrogen-bond donors (Lipinski definition) is 1. The third kappa shape index (κ3) is 55.0. The van der Waals surface area contributed by atoms with Gasteiger partial charge < -0.3 is 28.5 Å². The van der Waals surface area contributed by atoms with Gasteiger partial charge in [-0.05, 0) is 51.4 Å². The molecule has 0 saturated heterocycles. The van der Waals surface area contributed by atoms with E-state index in [-0.39, 0.29) is 32.2 Å². The molecule has 0 aromatic rings. The SMILES string of the molecule is CC/C=C\C/C=C\C/C=C\C/C=C\CCCCCCCCCCC(=O)OC(COC(=O)CCCCCCCCCCCCCCCCCCCCCCCCCCCC)COC(OCC[N+](C)(C)C)C(=O)O. The maximum absolute atomic E-state index is 12.9. The van der Waals surface area contributed by atoms with E-state index in [1.165, 1.54) is 173 Å². The van der Waals surface area contributed by atoms with E-state index in [2.05, 4.69) is 62.5 Å². The highest BCUT2D eigenvalue weighted by atomic mass is 16.7. The molecule has 72 heavy (non-hydrogen) atoms. The van der Waals surface area contributed by atoms with E-state index in [1.807, 2.05) is 21.1 Å². The zero-order valence-corrected chi connectivity index (χ0v) is 47.8. The largest absolute Gasteiger partial charge is 0.477 e. The van der Waals surface area contributed by atoms with Crippen molar-refractivity contribution in [2.45, 2.75) is 289 Å². The second-order valence-corrected chi connectivity index (χ2v) is 21.6. The number of carbonyl (C=O) groups is 3. The molecule has 0 aromatic heterocycles. The average molecular weight is 1020 g/mol. The van der Waals surface area contributed by atoms with Gasteiger partial charge in [0.15, 0.2) is 6.10 Å². The number of unbranched alkanes of at least 4 members (excludes halogenated alkanes) is 33. The Balaban J connectivity index is 4.18. The first-order chi connectivity index (χ1) is 35.1. The van der Waals surface area contributed by atoms with Gasteiger partial charge in [0.2, 0.25) is 0 Å². The molecule has 9 heteroatoms. The fourth-order valence-electron chi connectivity index (χ4n) is 8.71. The molecule has 1 N–H and O–H groups in total. The van der Waals surface area contributed by atoms with Gasteiger partial charge in [0.1, 0.15) is 13.2 Å². The number of esters is 2. The number of allylic oxidation sites excluding steroid dienone is 8. The molecule has 0 amide bonds. The zero-order valence-electron chi connectivity index (χ0n) is 47.8. The van der Waals surface area contributed by atoms with Gasteiger partial charge in [0, 0.05) is 12.8 Å². The zero-order chi connectivity index (χ0) is 52.7. The molecule has 0 fully saturated rings. The third-order valence-corrected chi connectivity index (χ3v) is 13.3. The van der Waals surface area contributed by atoms with E-state index in [0.717, 1.165) is 70.6 Å². The second kappa shape index (κ2) is 54.5. The molecule has 2 unspecified atom stereocenters. The lowest BCUT2D eigenvalue weighted by Crippen LogP contribution is -2.40. The Bertz CT molecular complexity index is 1320. The molecule has 0 saturated carbocycles. The quantitative estimate of drug-likeness (QED) is 0.0211. The van der Waals surface area contributed by atoms with Crippen molar-refractivity contribution in [2.75, 3.05) is 47.5 Å². The van der Waals surface area contributed by atoms with Crippen LogP contribution < -0.4 is 0 Å². The number of carboxylic acid groups (broad SMARTS) is 1.